The fraction of sp³-hybridized carbons (Fsp3) is 0.375. The van der Waals surface area contributed by atoms with Crippen molar-refractivity contribution in [2.24, 2.45) is 0 Å². The molecule has 1 N–H and O–H groups in total. The zero-order valence-electron chi connectivity index (χ0n) is 12.2. The molecule has 1 unspecified atom stereocenters. The average molecular weight is 318 g/mol. The number of carbonyl (C=O) groups is 1. The summed E-state index contributed by atoms with van der Waals surface area (Å²) in [6, 6.07) is 7.40. The molecule has 0 aromatic carbocycles. The first-order chi connectivity index (χ1) is 10.8. The maximum absolute atomic E-state index is 12.0. The molecule has 0 aliphatic carbocycles. The number of amides is 1. The summed E-state index contributed by atoms with van der Waals surface area (Å²) in [4.78, 5) is 17.3. The van der Waals surface area contributed by atoms with Gasteiger partial charge in [0.15, 0.2) is 0 Å². The molecular formula is C16H18N2O3S. The summed E-state index contributed by atoms with van der Waals surface area (Å²) in [5.74, 6) is 0.386. The van der Waals surface area contributed by atoms with E-state index in [0.29, 0.717) is 24.6 Å². The third-order valence-electron chi connectivity index (χ3n) is 3.44. The van der Waals surface area contributed by atoms with Crippen molar-refractivity contribution in [2.45, 2.75) is 25.5 Å². The summed E-state index contributed by atoms with van der Waals surface area (Å²) >= 11 is 1.62. The van der Waals surface area contributed by atoms with Crippen molar-refractivity contribution in [3.63, 3.8) is 0 Å². The molecule has 116 valence electrons. The van der Waals surface area contributed by atoms with Crippen LogP contribution >= 0.6 is 11.3 Å². The second-order valence-corrected chi connectivity index (χ2v) is 6.13. The van der Waals surface area contributed by atoms with E-state index in [1.165, 1.54) is 6.20 Å². The summed E-state index contributed by atoms with van der Waals surface area (Å²) in [6.45, 7) is 1.86. The lowest BCUT2D eigenvalue weighted by atomic mass is 10.2. The van der Waals surface area contributed by atoms with Crippen molar-refractivity contribution in [1.82, 2.24) is 10.3 Å². The predicted octanol–water partition coefficient (Wildman–Crippen LogP) is 2.63. The first-order valence-electron chi connectivity index (χ1n) is 7.32. The van der Waals surface area contributed by atoms with Gasteiger partial charge in [0.05, 0.1) is 18.2 Å². The topological polar surface area (TPSA) is 60.5 Å². The SMILES string of the molecule is O=C(NCc1cccs1)c1ccc(OCC2CCCO2)nc1. The summed E-state index contributed by atoms with van der Waals surface area (Å²) in [5, 5.41) is 4.86. The van der Waals surface area contributed by atoms with E-state index in [0.717, 1.165) is 24.3 Å². The molecule has 1 atom stereocenters. The molecule has 1 saturated heterocycles. The van der Waals surface area contributed by atoms with Gasteiger partial charge in [0.1, 0.15) is 6.61 Å². The number of nitrogens with one attached hydrogen (secondary N) is 1. The number of carbonyl (C=O) groups excluding carboxylic acids is 1. The van der Waals surface area contributed by atoms with E-state index in [2.05, 4.69) is 10.3 Å². The normalized spacial score (nSPS) is 17.4. The minimum atomic E-state index is -0.133. The van der Waals surface area contributed by atoms with Gasteiger partial charge >= 0.3 is 0 Å². The van der Waals surface area contributed by atoms with E-state index in [-0.39, 0.29) is 12.0 Å². The van der Waals surface area contributed by atoms with E-state index in [1.807, 2.05) is 17.5 Å². The van der Waals surface area contributed by atoms with Crippen molar-refractivity contribution in [3.05, 3.63) is 46.3 Å². The Bertz CT molecular complexity index is 592. The molecule has 0 spiro atoms. The maximum Gasteiger partial charge on any atom is 0.253 e. The molecule has 1 fully saturated rings. The van der Waals surface area contributed by atoms with Crippen LogP contribution < -0.4 is 10.1 Å². The lowest BCUT2D eigenvalue weighted by Crippen LogP contribution is -2.22. The maximum atomic E-state index is 12.0. The van der Waals surface area contributed by atoms with Crippen LogP contribution in [0, 0.1) is 0 Å². The number of thiophene rings is 1. The fourth-order valence-corrected chi connectivity index (χ4v) is 2.88. The van der Waals surface area contributed by atoms with Crippen molar-refractivity contribution in [2.75, 3.05) is 13.2 Å². The Morgan fingerprint density at radius 3 is 3.09 bits per heavy atom. The van der Waals surface area contributed by atoms with Crippen LogP contribution in [0.4, 0.5) is 0 Å². The van der Waals surface area contributed by atoms with Gasteiger partial charge in [-0.15, -0.1) is 11.3 Å². The Morgan fingerprint density at radius 1 is 1.45 bits per heavy atom. The van der Waals surface area contributed by atoms with Crippen molar-refractivity contribution < 1.29 is 14.3 Å². The van der Waals surface area contributed by atoms with Gasteiger partial charge < -0.3 is 14.8 Å². The molecule has 2 aromatic rings. The van der Waals surface area contributed by atoms with Crippen molar-refractivity contribution in [3.8, 4) is 5.88 Å². The lowest BCUT2D eigenvalue weighted by Gasteiger charge is -2.10. The largest absolute Gasteiger partial charge is 0.475 e. The Kier molecular flexibility index (Phi) is 5.03. The number of hydrogen-bond acceptors (Lipinski definition) is 5. The first kappa shape index (κ1) is 15.0. The molecule has 5 nitrogen and oxygen atoms in total. The zero-order valence-corrected chi connectivity index (χ0v) is 13.0. The molecule has 3 rings (SSSR count). The van der Waals surface area contributed by atoms with Gasteiger partial charge in [0.25, 0.3) is 5.91 Å². The second-order valence-electron chi connectivity index (χ2n) is 5.09. The number of aromatic nitrogens is 1. The van der Waals surface area contributed by atoms with Crippen LogP contribution in [0.3, 0.4) is 0 Å². The molecule has 0 saturated carbocycles. The smallest absolute Gasteiger partial charge is 0.253 e. The van der Waals surface area contributed by atoms with Crippen LogP contribution in [-0.2, 0) is 11.3 Å². The number of ether oxygens (including phenoxy) is 2. The van der Waals surface area contributed by atoms with E-state index < -0.39 is 0 Å². The number of hydrogen-bond donors (Lipinski definition) is 1. The highest BCUT2D eigenvalue weighted by molar-refractivity contribution is 7.09. The molecule has 1 amide bonds. The van der Waals surface area contributed by atoms with Crippen molar-refractivity contribution in [1.29, 1.82) is 0 Å². The molecule has 2 aromatic heterocycles. The Morgan fingerprint density at radius 2 is 2.41 bits per heavy atom. The molecule has 3 heterocycles. The minimum absolute atomic E-state index is 0.133. The van der Waals surface area contributed by atoms with Crippen LogP contribution in [-0.4, -0.2) is 30.2 Å². The fourth-order valence-electron chi connectivity index (χ4n) is 2.24. The number of rotatable bonds is 6. The first-order valence-corrected chi connectivity index (χ1v) is 8.20. The van der Waals surface area contributed by atoms with Gasteiger partial charge in [-0.3, -0.25) is 4.79 Å². The molecule has 1 aliphatic heterocycles. The van der Waals surface area contributed by atoms with E-state index in [1.54, 1.807) is 23.5 Å². The third-order valence-corrected chi connectivity index (χ3v) is 4.32. The highest BCUT2D eigenvalue weighted by Gasteiger charge is 2.16. The number of pyridine rings is 1. The molecule has 0 bridgehead atoms. The highest BCUT2D eigenvalue weighted by atomic mass is 32.1. The number of nitrogens with zero attached hydrogens (tertiary/aromatic N) is 1. The Labute approximate surface area is 133 Å². The summed E-state index contributed by atoms with van der Waals surface area (Å²) < 4.78 is 11.1. The van der Waals surface area contributed by atoms with E-state index >= 15 is 0 Å². The van der Waals surface area contributed by atoms with E-state index in [4.69, 9.17) is 9.47 Å². The summed E-state index contributed by atoms with van der Waals surface area (Å²) in [7, 11) is 0. The monoisotopic (exact) mass is 318 g/mol. The zero-order chi connectivity index (χ0) is 15.2. The molecule has 6 heteroatoms. The molecule has 0 radical (unpaired) electrons. The van der Waals surface area contributed by atoms with Crippen LogP contribution in [0.25, 0.3) is 0 Å². The van der Waals surface area contributed by atoms with Gasteiger partial charge in [-0.05, 0) is 30.4 Å². The Balaban J connectivity index is 1.48. The van der Waals surface area contributed by atoms with E-state index in [9.17, 15) is 4.79 Å². The quantitative estimate of drug-likeness (QED) is 0.889. The van der Waals surface area contributed by atoms with Gasteiger partial charge in [0.2, 0.25) is 5.88 Å². The van der Waals surface area contributed by atoms with Crippen molar-refractivity contribution >= 4 is 17.2 Å². The van der Waals surface area contributed by atoms with Gasteiger partial charge in [-0.1, -0.05) is 6.07 Å². The van der Waals surface area contributed by atoms with Gasteiger partial charge in [-0.2, -0.15) is 0 Å². The van der Waals surface area contributed by atoms with Gasteiger partial charge in [0, 0.05) is 23.7 Å². The lowest BCUT2D eigenvalue weighted by molar-refractivity contribution is 0.0663. The summed E-state index contributed by atoms with van der Waals surface area (Å²) in [6.07, 6.45) is 3.82. The van der Waals surface area contributed by atoms with Gasteiger partial charge in [-0.25, -0.2) is 4.98 Å². The average Bonchev–Trinajstić information content (AvgIpc) is 3.24. The molecular weight excluding hydrogens is 300 g/mol. The highest BCUT2D eigenvalue weighted by Crippen LogP contribution is 2.14. The minimum Gasteiger partial charge on any atom is -0.475 e. The standard InChI is InChI=1S/C16H18N2O3S/c19-16(18-10-14-4-2-8-22-14)12-5-6-15(17-9-12)21-11-13-3-1-7-20-13/h2,4-6,8-9,13H,1,3,7,10-11H2,(H,18,19). The predicted molar refractivity (Wildman–Crippen MR) is 84.2 cm³/mol. The van der Waals surface area contributed by atoms with Crippen LogP contribution in [0.2, 0.25) is 0 Å². The molecule has 1 aliphatic rings. The van der Waals surface area contributed by atoms with Crippen LogP contribution in [0.5, 0.6) is 5.88 Å². The van der Waals surface area contributed by atoms with Crippen LogP contribution in [0.15, 0.2) is 35.8 Å². The Hall–Kier alpha value is -1.92. The summed E-state index contributed by atoms with van der Waals surface area (Å²) in [5.41, 5.74) is 0.529. The third kappa shape index (κ3) is 4.05. The second kappa shape index (κ2) is 7.38. The van der Waals surface area contributed by atoms with Crippen LogP contribution in [0.1, 0.15) is 28.1 Å². The molecule has 22 heavy (non-hydrogen) atoms.